The van der Waals surface area contributed by atoms with Gasteiger partial charge in [0.05, 0.1) is 6.54 Å². The van der Waals surface area contributed by atoms with Crippen molar-refractivity contribution in [3.05, 3.63) is 0 Å². The molecule has 6 heteroatoms. The highest BCUT2D eigenvalue weighted by Crippen LogP contribution is 2.21. The van der Waals surface area contributed by atoms with E-state index in [9.17, 15) is 17.6 Å². The van der Waals surface area contributed by atoms with Gasteiger partial charge in [-0.1, -0.05) is 0 Å². The molecule has 0 bridgehead atoms. The van der Waals surface area contributed by atoms with Crippen molar-refractivity contribution in [1.82, 2.24) is 5.32 Å². The summed E-state index contributed by atoms with van der Waals surface area (Å²) in [5, 5.41) is 2.19. The van der Waals surface area contributed by atoms with Gasteiger partial charge in [-0.2, -0.15) is 8.78 Å². The predicted octanol–water partition coefficient (Wildman–Crippen LogP) is 1.21. The summed E-state index contributed by atoms with van der Waals surface area (Å²) < 4.78 is 47.8. The molecule has 0 saturated carbocycles. The molecule has 0 aliphatic rings. The molecule has 0 aromatic rings. The Hall–Kier alpha value is -0.360. The molecule has 0 spiro atoms. The molecule has 0 saturated heterocycles. The summed E-state index contributed by atoms with van der Waals surface area (Å²) in [5.41, 5.74) is 4.76. The first-order valence-corrected chi connectivity index (χ1v) is 3.81. The van der Waals surface area contributed by atoms with Crippen LogP contribution in [0.5, 0.6) is 0 Å². The van der Waals surface area contributed by atoms with E-state index in [0.29, 0.717) is 0 Å². The Balaban J connectivity index is 3.77. The molecule has 3 N–H and O–H groups in total. The largest absolute Gasteiger partial charge is 0.324 e. The third-order valence-corrected chi connectivity index (χ3v) is 1.26. The Morgan fingerprint density at radius 3 is 2.00 bits per heavy atom. The Morgan fingerprint density at radius 2 is 1.69 bits per heavy atom. The van der Waals surface area contributed by atoms with Crippen molar-refractivity contribution >= 4 is 0 Å². The quantitative estimate of drug-likeness (QED) is 0.658. The molecule has 0 aromatic heterocycles. The van der Waals surface area contributed by atoms with Crippen molar-refractivity contribution in [2.45, 2.75) is 31.7 Å². The lowest BCUT2D eigenvalue weighted by Gasteiger charge is -2.21. The van der Waals surface area contributed by atoms with Crippen molar-refractivity contribution in [3.8, 4) is 0 Å². The van der Waals surface area contributed by atoms with E-state index in [1.54, 1.807) is 13.8 Å². The van der Waals surface area contributed by atoms with Crippen LogP contribution in [-0.4, -0.2) is 31.0 Å². The van der Waals surface area contributed by atoms with E-state index in [2.05, 4.69) is 5.32 Å². The maximum Gasteiger partial charge on any atom is 0.319 e. The lowest BCUT2D eigenvalue weighted by atomic mass is 10.1. The molecule has 0 atom stereocenters. The maximum absolute atomic E-state index is 12.3. The zero-order chi connectivity index (χ0) is 10.7. The number of halogens is 4. The van der Waals surface area contributed by atoms with Gasteiger partial charge in [-0.15, -0.1) is 0 Å². The number of hydrogen-bond acceptors (Lipinski definition) is 2. The van der Waals surface area contributed by atoms with Crippen molar-refractivity contribution in [2.75, 3.05) is 13.1 Å². The van der Waals surface area contributed by atoms with Crippen LogP contribution in [0.3, 0.4) is 0 Å². The molecule has 0 aromatic carbocycles. The molecule has 0 radical (unpaired) electrons. The summed E-state index contributed by atoms with van der Waals surface area (Å²) in [7, 11) is 0. The molecule has 0 fully saturated rings. The monoisotopic (exact) mass is 202 g/mol. The SMILES string of the molecule is CC(C)(N)CNCC(F)(F)C(F)F. The summed E-state index contributed by atoms with van der Waals surface area (Å²) >= 11 is 0. The van der Waals surface area contributed by atoms with Crippen LogP contribution in [0, 0.1) is 0 Å². The zero-order valence-corrected chi connectivity index (χ0v) is 7.58. The van der Waals surface area contributed by atoms with Gasteiger partial charge in [0.15, 0.2) is 0 Å². The second kappa shape index (κ2) is 4.23. The highest BCUT2D eigenvalue weighted by atomic mass is 19.3. The number of nitrogens with one attached hydrogen (secondary N) is 1. The van der Waals surface area contributed by atoms with Crippen molar-refractivity contribution in [3.63, 3.8) is 0 Å². The molecule has 80 valence electrons. The lowest BCUT2D eigenvalue weighted by Crippen LogP contribution is -2.48. The van der Waals surface area contributed by atoms with Gasteiger partial charge in [0.1, 0.15) is 0 Å². The second-order valence-electron chi connectivity index (χ2n) is 3.65. The first-order chi connectivity index (χ1) is 5.65. The van der Waals surface area contributed by atoms with Crippen molar-refractivity contribution in [2.24, 2.45) is 5.73 Å². The summed E-state index contributed by atoms with van der Waals surface area (Å²) in [6.07, 6.45) is -3.64. The average Bonchev–Trinajstić information content (AvgIpc) is 1.82. The van der Waals surface area contributed by atoms with Gasteiger partial charge in [0.2, 0.25) is 0 Å². The van der Waals surface area contributed by atoms with Gasteiger partial charge in [0, 0.05) is 12.1 Å². The maximum atomic E-state index is 12.3. The topological polar surface area (TPSA) is 38.0 Å². The molecule has 0 rings (SSSR count). The van der Waals surface area contributed by atoms with Gasteiger partial charge in [-0.3, -0.25) is 0 Å². The van der Waals surface area contributed by atoms with E-state index in [-0.39, 0.29) is 6.54 Å². The Labute approximate surface area is 74.5 Å². The van der Waals surface area contributed by atoms with Crippen LogP contribution < -0.4 is 11.1 Å². The first-order valence-electron chi connectivity index (χ1n) is 3.81. The van der Waals surface area contributed by atoms with Crippen molar-refractivity contribution in [1.29, 1.82) is 0 Å². The van der Waals surface area contributed by atoms with Gasteiger partial charge in [-0.05, 0) is 13.8 Å². The van der Waals surface area contributed by atoms with Crippen LogP contribution in [0.25, 0.3) is 0 Å². The summed E-state index contributed by atoms with van der Waals surface area (Å²) in [6, 6.07) is 0. The summed E-state index contributed by atoms with van der Waals surface area (Å²) in [4.78, 5) is 0. The molecule has 0 aliphatic heterocycles. The minimum absolute atomic E-state index is 0.0648. The summed E-state index contributed by atoms with van der Waals surface area (Å²) in [6.45, 7) is 2.24. The fourth-order valence-corrected chi connectivity index (χ4v) is 0.628. The predicted molar refractivity (Wildman–Crippen MR) is 42.1 cm³/mol. The minimum atomic E-state index is -3.98. The third kappa shape index (κ3) is 5.81. The van der Waals surface area contributed by atoms with Crippen LogP contribution >= 0.6 is 0 Å². The normalized spacial score (nSPS) is 13.8. The Morgan fingerprint density at radius 1 is 1.23 bits per heavy atom. The molecular formula is C7H14F4N2. The number of alkyl halides is 4. The minimum Gasteiger partial charge on any atom is -0.324 e. The standard InChI is InChI=1S/C7H14F4N2/c1-6(2,12)3-13-4-7(10,11)5(8)9/h5,13H,3-4,12H2,1-2H3. The molecule has 0 amide bonds. The second-order valence-corrected chi connectivity index (χ2v) is 3.65. The third-order valence-electron chi connectivity index (χ3n) is 1.26. The average molecular weight is 202 g/mol. The summed E-state index contributed by atoms with van der Waals surface area (Å²) in [5.74, 6) is -3.98. The smallest absolute Gasteiger partial charge is 0.319 e. The molecule has 0 aliphatic carbocycles. The van der Waals surface area contributed by atoms with Crippen LogP contribution in [0.15, 0.2) is 0 Å². The number of rotatable bonds is 5. The van der Waals surface area contributed by atoms with E-state index in [1.807, 2.05) is 0 Å². The molecule has 2 nitrogen and oxygen atoms in total. The number of hydrogen-bond donors (Lipinski definition) is 2. The van der Waals surface area contributed by atoms with Crippen LogP contribution in [0.4, 0.5) is 17.6 Å². The van der Waals surface area contributed by atoms with E-state index in [4.69, 9.17) is 5.73 Å². The van der Waals surface area contributed by atoms with Gasteiger partial charge in [0.25, 0.3) is 0 Å². The van der Waals surface area contributed by atoms with Gasteiger partial charge >= 0.3 is 12.3 Å². The Kier molecular flexibility index (Phi) is 4.12. The zero-order valence-electron chi connectivity index (χ0n) is 7.58. The van der Waals surface area contributed by atoms with Crippen LogP contribution in [-0.2, 0) is 0 Å². The molecule has 0 heterocycles. The van der Waals surface area contributed by atoms with Crippen LogP contribution in [0.2, 0.25) is 0 Å². The van der Waals surface area contributed by atoms with E-state index < -0.39 is 24.4 Å². The van der Waals surface area contributed by atoms with E-state index >= 15 is 0 Å². The molecular weight excluding hydrogens is 188 g/mol. The Bertz CT molecular complexity index is 153. The van der Waals surface area contributed by atoms with E-state index in [1.165, 1.54) is 0 Å². The van der Waals surface area contributed by atoms with Crippen LogP contribution in [0.1, 0.15) is 13.8 Å². The lowest BCUT2D eigenvalue weighted by molar-refractivity contribution is -0.125. The molecule has 13 heavy (non-hydrogen) atoms. The number of nitrogens with two attached hydrogens (primary N) is 1. The highest BCUT2D eigenvalue weighted by Gasteiger charge is 2.40. The highest BCUT2D eigenvalue weighted by molar-refractivity contribution is 4.78. The van der Waals surface area contributed by atoms with Crippen molar-refractivity contribution < 1.29 is 17.6 Å². The van der Waals surface area contributed by atoms with E-state index in [0.717, 1.165) is 0 Å². The fraction of sp³-hybridized carbons (Fsp3) is 1.00. The van der Waals surface area contributed by atoms with Gasteiger partial charge in [-0.25, -0.2) is 8.78 Å². The molecule has 0 unspecified atom stereocenters. The fourth-order valence-electron chi connectivity index (χ4n) is 0.628. The first kappa shape index (κ1) is 12.6. The van der Waals surface area contributed by atoms with Gasteiger partial charge < -0.3 is 11.1 Å².